The molecule has 0 saturated carbocycles. The van der Waals surface area contributed by atoms with Crippen LogP contribution in [-0.4, -0.2) is 13.6 Å². The summed E-state index contributed by atoms with van der Waals surface area (Å²) < 4.78 is 40.4. The third-order valence-electron chi connectivity index (χ3n) is 3.19. The van der Waals surface area contributed by atoms with Gasteiger partial charge in [-0.15, -0.1) is 0 Å². The molecular weight excluding hydrogens is 265 g/mol. The molecule has 5 heteroatoms. The van der Waals surface area contributed by atoms with Crippen molar-refractivity contribution in [3.05, 3.63) is 65.5 Å². The smallest absolute Gasteiger partial charge is 0.146 e. The van der Waals surface area contributed by atoms with Crippen LogP contribution in [0.1, 0.15) is 11.6 Å². The van der Waals surface area contributed by atoms with E-state index in [0.29, 0.717) is 11.3 Å². The van der Waals surface area contributed by atoms with Gasteiger partial charge in [0.15, 0.2) is 0 Å². The van der Waals surface area contributed by atoms with Crippen molar-refractivity contribution in [3.63, 3.8) is 0 Å². The highest BCUT2D eigenvalue weighted by atomic mass is 19.1. The Bertz CT molecular complexity index is 581. The van der Waals surface area contributed by atoms with Gasteiger partial charge in [0.1, 0.15) is 17.5 Å². The molecule has 0 aliphatic carbocycles. The van der Waals surface area contributed by atoms with Gasteiger partial charge in [-0.3, -0.25) is 0 Å². The zero-order chi connectivity index (χ0) is 14.7. The van der Waals surface area contributed by atoms with E-state index in [2.05, 4.69) is 0 Å². The maximum Gasteiger partial charge on any atom is 0.146 e. The molecule has 1 atom stereocenters. The van der Waals surface area contributed by atoms with Crippen molar-refractivity contribution < 1.29 is 13.2 Å². The van der Waals surface area contributed by atoms with Crippen molar-refractivity contribution in [3.8, 4) is 0 Å². The maximum atomic E-state index is 13.8. The van der Waals surface area contributed by atoms with Gasteiger partial charge >= 0.3 is 0 Å². The second kappa shape index (κ2) is 5.96. The minimum atomic E-state index is -0.680. The van der Waals surface area contributed by atoms with Crippen LogP contribution in [0.25, 0.3) is 0 Å². The van der Waals surface area contributed by atoms with Crippen LogP contribution in [0, 0.1) is 17.5 Å². The lowest BCUT2D eigenvalue weighted by Crippen LogP contribution is -2.31. The molecule has 0 radical (unpaired) electrons. The van der Waals surface area contributed by atoms with Crippen LogP contribution >= 0.6 is 0 Å². The van der Waals surface area contributed by atoms with Crippen LogP contribution in [0.15, 0.2) is 42.5 Å². The highest BCUT2D eigenvalue weighted by Crippen LogP contribution is 2.27. The first-order valence-corrected chi connectivity index (χ1v) is 6.16. The third kappa shape index (κ3) is 2.93. The number of nitrogens with zero attached hydrogens (tertiary/aromatic N) is 1. The van der Waals surface area contributed by atoms with Crippen LogP contribution in [0.3, 0.4) is 0 Å². The van der Waals surface area contributed by atoms with Crippen molar-refractivity contribution in [2.45, 2.75) is 6.04 Å². The van der Waals surface area contributed by atoms with Crippen LogP contribution in [0.4, 0.5) is 18.9 Å². The Kier molecular flexibility index (Phi) is 4.29. The number of rotatable bonds is 4. The van der Waals surface area contributed by atoms with E-state index in [-0.39, 0.29) is 6.54 Å². The highest BCUT2D eigenvalue weighted by molar-refractivity contribution is 5.49. The summed E-state index contributed by atoms with van der Waals surface area (Å²) in [5.41, 5.74) is 6.38. The van der Waals surface area contributed by atoms with Gasteiger partial charge in [0.05, 0.1) is 11.7 Å². The van der Waals surface area contributed by atoms with E-state index in [4.69, 9.17) is 5.73 Å². The summed E-state index contributed by atoms with van der Waals surface area (Å²) >= 11 is 0. The Morgan fingerprint density at radius 1 is 1.05 bits per heavy atom. The predicted octanol–water partition coefficient (Wildman–Crippen LogP) is 3.24. The lowest BCUT2D eigenvalue weighted by Gasteiger charge is -2.29. The molecule has 1 unspecified atom stereocenters. The van der Waals surface area contributed by atoms with Gasteiger partial charge in [-0.1, -0.05) is 12.1 Å². The first-order chi connectivity index (χ1) is 9.52. The van der Waals surface area contributed by atoms with Crippen LogP contribution in [-0.2, 0) is 0 Å². The lowest BCUT2D eigenvalue weighted by molar-refractivity contribution is 0.567. The molecule has 0 spiro atoms. The molecule has 0 aliphatic rings. The SMILES string of the molecule is CN(c1ccccc1F)C(CN)c1cc(F)cc(F)c1. The molecule has 2 rings (SSSR count). The number of nitrogens with two attached hydrogens (primary N) is 1. The van der Waals surface area contributed by atoms with Gasteiger partial charge in [0.25, 0.3) is 0 Å². The Labute approximate surface area is 115 Å². The first-order valence-electron chi connectivity index (χ1n) is 6.16. The maximum absolute atomic E-state index is 13.8. The van der Waals surface area contributed by atoms with Gasteiger partial charge < -0.3 is 10.6 Å². The summed E-state index contributed by atoms with van der Waals surface area (Å²) in [4.78, 5) is 1.57. The van der Waals surface area contributed by atoms with Crippen molar-refractivity contribution in [2.75, 3.05) is 18.5 Å². The fourth-order valence-electron chi connectivity index (χ4n) is 2.19. The fraction of sp³-hybridized carbons (Fsp3) is 0.200. The fourth-order valence-corrected chi connectivity index (χ4v) is 2.19. The molecule has 106 valence electrons. The van der Waals surface area contributed by atoms with Gasteiger partial charge in [-0.05, 0) is 29.8 Å². The topological polar surface area (TPSA) is 29.3 Å². The van der Waals surface area contributed by atoms with Crippen molar-refractivity contribution in [1.29, 1.82) is 0 Å². The number of para-hydroxylation sites is 1. The number of hydrogen-bond donors (Lipinski definition) is 1. The monoisotopic (exact) mass is 280 g/mol. The Hall–Kier alpha value is -2.01. The molecule has 0 aromatic heterocycles. The minimum absolute atomic E-state index is 0.105. The molecule has 2 aromatic carbocycles. The second-order valence-corrected chi connectivity index (χ2v) is 4.52. The number of likely N-dealkylation sites (N-methyl/N-ethyl adjacent to an activating group) is 1. The number of benzene rings is 2. The Balaban J connectivity index is 2.39. The Morgan fingerprint density at radius 2 is 1.65 bits per heavy atom. The van der Waals surface area contributed by atoms with E-state index >= 15 is 0 Å². The minimum Gasteiger partial charge on any atom is -0.364 e. The molecule has 0 saturated heterocycles. The summed E-state index contributed by atoms with van der Waals surface area (Å²) in [6.07, 6.45) is 0. The third-order valence-corrected chi connectivity index (χ3v) is 3.19. The van der Waals surface area contributed by atoms with Crippen LogP contribution < -0.4 is 10.6 Å². The lowest BCUT2D eigenvalue weighted by atomic mass is 10.0. The molecule has 20 heavy (non-hydrogen) atoms. The average molecular weight is 280 g/mol. The molecule has 0 fully saturated rings. The van der Waals surface area contributed by atoms with Crippen LogP contribution in [0.2, 0.25) is 0 Å². The molecule has 0 heterocycles. The van der Waals surface area contributed by atoms with E-state index in [1.165, 1.54) is 18.2 Å². The molecule has 0 amide bonds. The summed E-state index contributed by atoms with van der Waals surface area (Å²) in [6, 6.07) is 8.87. The van der Waals surface area contributed by atoms with Crippen LogP contribution in [0.5, 0.6) is 0 Å². The van der Waals surface area contributed by atoms with Crippen molar-refractivity contribution in [1.82, 2.24) is 0 Å². The number of anilines is 1. The summed E-state index contributed by atoms with van der Waals surface area (Å²) in [6.45, 7) is 0.105. The van der Waals surface area contributed by atoms with E-state index in [9.17, 15) is 13.2 Å². The number of halogens is 3. The normalized spacial score (nSPS) is 12.2. The van der Waals surface area contributed by atoms with E-state index in [0.717, 1.165) is 6.07 Å². The summed E-state index contributed by atoms with van der Waals surface area (Å²) in [5, 5.41) is 0. The van der Waals surface area contributed by atoms with E-state index < -0.39 is 23.5 Å². The first kappa shape index (κ1) is 14.4. The van der Waals surface area contributed by atoms with Crippen molar-refractivity contribution >= 4 is 5.69 Å². The van der Waals surface area contributed by atoms with Gasteiger partial charge in [-0.2, -0.15) is 0 Å². The molecule has 0 bridgehead atoms. The standard InChI is InChI=1S/C15H15F3N2/c1-20(14-5-3-2-4-13(14)18)15(9-19)10-6-11(16)8-12(17)7-10/h2-8,15H,9,19H2,1H3. The zero-order valence-corrected chi connectivity index (χ0v) is 11.0. The summed E-state index contributed by atoms with van der Waals surface area (Å²) in [5.74, 6) is -1.77. The predicted molar refractivity (Wildman–Crippen MR) is 73.0 cm³/mol. The van der Waals surface area contributed by atoms with Gasteiger partial charge in [-0.25, -0.2) is 13.2 Å². The Morgan fingerprint density at radius 3 is 2.20 bits per heavy atom. The molecule has 2 N–H and O–H groups in total. The second-order valence-electron chi connectivity index (χ2n) is 4.52. The average Bonchev–Trinajstić information content (AvgIpc) is 2.38. The molecule has 2 nitrogen and oxygen atoms in total. The highest BCUT2D eigenvalue weighted by Gasteiger charge is 2.19. The molecule has 0 aliphatic heterocycles. The number of hydrogen-bond acceptors (Lipinski definition) is 2. The van der Waals surface area contributed by atoms with Gasteiger partial charge in [0, 0.05) is 19.7 Å². The quantitative estimate of drug-likeness (QED) is 0.931. The van der Waals surface area contributed by atoms with E-state index in [1.807, 2.05) is 0 Å². The molecule has 2 aromatic rings. The zero-order valence-electron chi connectivity index (χ0n) is 11.0. The summed E-state index contributed by atoms with van der Waals surface area (Å²) in [7, 11) is 1.64. The van der Waals surface area contributed by atoms with Gasteiger partial charge in [0.2, 0.25) is 0 Å². The molecular formula is C15H15F3N2. The van der Waals surface area contributed by atoms with Crippen molar-refractivity contribution in [2.24, 2.45) is 5.73 Å². The van der Waals surface area contributed by atoms with E-state index in [1.54, 1.807) is 30.1 Å². The largest absolute Gasteiger partial charge is 0.364 e.